The summed E-state index contributed by atoms with van der Waals surface area (Å²) in [6.07, 6.45) is 0. The minimum absolute atomic E-state index is 0.251. The Hall–Kier alpha value is -2.55. The van der Waals surface area contributed by atoms with E-state index in [-0.39, 0.29) is 5.75 Å². The Morgan fingerprint density at radius 1 is 1.00 bits per heavy atom. The zero-order chi connectivity index (χ0) is 14.1. The van der Waals surface area contributed by atoms with E-state index >= 15 is 0 Å². The second kappa shape index (κ2) is 4.85. The molecule has 3 aromatic rings. The van der Waals surface area contributed by atoms with Crippen LogP contribution in [0.4, 0.5) is 11.4 Å². The van der Waals surface area contributed by atoms with Crippen molar-refractivity contribution in [2.24, 2.45) is 0 Å². The van der Waals surface area contributed by atoms with Crippen molar-refractivity contribution in [3.05, 3.63) is 59.8 Å². The minimum Gasteiger partial charge on any atom is -0.508 e. The van der Waals surface area contributed by atoms with Gasteiger partial charge in [0.1, 0.15) is 5.75 Å². The summed E-state index contributed by atoms with van der Waals surface area (Å²) in [4.78, 5) is 4.61. The number of phenols is 1. The third-order valence-electron chi connectivity index (χ3n) is 3.29. The quantitative estimate of drug-likeness (QED) is 0.725. The lowest BCUT2D eigenvalue weighted by Crippen LogP contribution is -1.95. The van der Waals surface area contributed by atoms with Crippen LogP contribution in [0.5, 0.6) is 5.75 Å². The minimum atomic E-state index is 0.251. The molecule has 100 valence electrons. The van der Waals surface area contributed by atoms with Gasteiger partial charge in [-0.05, 0) is 37.6 Å². The Morgan fingerprint density at radius 2 is 1.80 bits per heavy atom. The van der Waals surface area contributed by atoms with Crippen LogP contribution in [0.25, 0.3) is 10.9 Å². The van der Waals surface area contributed by atoms with E-state index in [4.69, 9.17) is 0 Å². The number of pyridine rings is 1. The number of benzene rings is 2. The van der Waals surface area contributed by atoms with E-state index in [1.807, 2.05) is 31.2 Å². The first-order chi connectivity index (χ1) is 9.63. The van der Waals surface area contributed by atoms with E-state index in [9.17, 15) is 5.11 Å². The van der Waals surface area contributed by atoms with Crippen LogP contribution in [0.2, 0.25) is 0 Å². The molecule has 0 bridgehead atoms. The number of nitrogens with one attached hydrogen (secondary N) is 1. The molecule has 0 saturated heterocycles. The van der Waals surface area contributed by atoms with Crippen molar-refractivity contribution in [2.75, 3.05) is 5.32 Å². The fourth-order valence-corrected chi connectivity index (χ4v) is 2.36. The van der Waals surface area contributed by atoms with Crippen LogP contribution >= 0.6 is 0 Å². The zero-order valence-corrected chi connectivity index (χ0v) is 11.5. The van der Waals surface area contributed by atoms with Gasteiger partial charge in [-0.15, -0.1) is 0 Å². The van der Waals surface area contributed by atoms with Crippen LogP contribution in [0.1, 0.15) is 11.3 Å². The molecule has 3 nitrogen and oxygen atoms in total. The highest BCUT2D eigenvalue weighted by atomic mass is 16.3. The number of phenolic OH excluding ortho intramolecular Hbond substituents is 1. The molecule has 0 amide bonds. The van der Waals surface area contributed by atoms with Crippen molar-refractivity contribution in [3.63, 3.8) is 0 Å². The van der Waals surface area contributed by atoms with Crippen molar-refractivity contribution < 1.29 is 5.11 Å². The summed E-state index contributed by atoms with van der Waals surface area (Å²) < 4.78 is 0. The average Bonchev–Trinajstić information content (AvgIpc) is 2.40. The molecule has 0 atom stereocenters. The highest BCUT2D eigenvalue weighted by Crippen LogP contribution is 2.29. The Balaban J connectivity index is 2.14. The Labute approximate surface area is 117 Å². The number of fused-ring (bicyclic) bond motifs is 1. The van der Waals surface area contributed by atoms with Crippen LogP contribution in [-0.2, 0) is 0 Å². The van der Waals surface area contributed by atoms with Crippen LogP contribution < -0.4 is 5.32 Å². The molecule has 0 aliphatic carbocycles. The van der Waals surface area contributed by atoms with Gasteiger partial charge in [-0.3, -0.25) is 4.98 Å². The van der Waals surface area contributed by atoms with Crippen molar-refractivity contribution in [3.8, 4) is 5.75 Å². The van der Waals surface area contributed by atoms with Gasteiger partial charge >= 0.3 is 0 Å². The summed E-state index contributed by atoms with van der Waals surface area (Å²) >= 11 is 0. The topological polar surface area (TPSA) is 45.1 Å². The molecule has 1 heterocycles. The van der Waals surface area contributed by atoms with Gasteiger partial charge in [0.2, 0.25) is 0 Å². The molecule has 2 aromatic carbocycles. The molecule has 1 aromatic heterocycles. The molecule has 0 spiro atoms. The van der Waals surface area contributed by atoms with E-state index in [1.54, 1.807) is 12.1 Å². The fraction of sp³-hybridized carbons (Fsp3) is 0.118. The number of aromatic nitrogens is 1. The summed E-state index contributed by atoms with van der Waals surface area (Å²) in [5.74, 6) is 0.251. The second-order valence-electron chi connectivity index (χ2n) is 4.96. The van der Waals surface area contributed by atoms with Crippen LogP contribution in [0, 0.1) is 13.8 Å². The maximum absolute atomic E-state index is 9.55. The van der Waals surface area contributed by atoms with E-state index < -0.39 is 0 Å². The summed E-state index contributed by atoms with van der Waals surface area (Å²) in [5.41, 5.74) is 5.00. The van der Waals surface area contributed by atoms with E-state index in [0.717, 1.165) is 33.5 Å². The molecular formula is C17H16N2O. The molecule has 0 radical (unpaired) electrons. The van der Waals surface area contributed by atoms with Gasteiger partial charge in [0.25, 0.3) is 0 Å². The van der Waals surface area contributed by atoms with Crippen molar-refractivity contribution >= 4 is 22.3 Å². The second-order valence-corrected chi connectivity index (χ2v) is 4.96. The Morgan fingerprint density at radius 3 is 2.60 bits per heavy atom. The normalized spacial score (nSPS) is 10.7. The lowest BCUT2D eigenvalue weighted by Gasteiger charge is -2.12. The monoisotopic (exact) mass is 264 g/mol. The van der Waals surface area contributed by atoms with Gasteiger partial charge in [-0.1, -0.05) is 24.3 Å². The van der Waals surface area contributed by atoms with E-state index in [0.29, 0.717) is 0 Å². The molecule has 20 heavy (non-hydrogen) atoms. The molecule has 0 unspecified atom stereocenters. The van der Waals surface area contributed by atoms with Gasteiger partial charge in [-0.25, -0.2) is 0 Å². The van der Waals surface area contributed by atoms with Crippen LogP contribution in [0.15, 0.2) is 48.5 Å². The summed E-state index contributed by atoms with van der Waals surface area (Å²) in [6, 6.07) is 15.3. The summed E-state index contributed by atoms with van der Waals surface area (Å²) in [6.45, 7) is 4.05. The average molecular weight is 264 g/mol. The third-order valence-corrected chi connectivity index (χ3v) is 3.29. The lowest BCUT2D eigenvalue weighted by molar-refractivity contribution is 0.475. The highest BCUT2D eigenvalue weighted by molar-refractivity contribution is 5.94. The third kappa shape index (κ3) is 2.30. The van der Waals surface area contributed by atoms with Gasteiger partial charge in [0.15, 0.2) is 0 Å². The molecule has 0 saturated carbocycles. The number of anilines is 2. The number of rotatable bonds is 2. The molecule has 0 aliphatic rings. The first-order valence-corrected chi connectivity index (χ1v) is 6.56. The van der Waals surface area contributed by atoms with Crippen molar-refractivity contribution in [1.82, 2.24) is 4.98 Å². The van der Waals surface area contributed by atoms with Crippen LogP contribution in [-0.4, -0.2) is 10.1 Å². The van der Waals surface area contributed by atoms with E-state index in [2.05, 4.69) is 29.4 Å². The van der Waals surface area contributed by atoms with Gasteiger partial charge in [-0.2, -0.15) is 0 Å². The SMILES string of the molecule is Cc1cc(Nc2cccc(O)c2)c2cccc(C)c2n1. The Kier molecular flexibility index (Phi) is 3.03. The number of nitrogens with zero attached hydrogens (tertiary/aromatic N) is 1. The molecule has 0 fully saturated rings. The smallest absolute Gasteiger partial charge is 0.117 e. The maximum atomic E-state index is 9.55. The predicted octanol–water partition coefficient (Wildman–Crippen LogP) is 4.30. The number of para-hydroxylation sites is 1. The van der Waals surface area contributed by atoms with Gasteiger partial charge in [0, 0.05) is 28.5 Å². The predicted molar refractivity (Wildman–Crippen MR) is 82.6 cm³/mol. The largest absolute Gasteiger partial charge is 0.508 e. The molecule has 2 N–H and O–H groups in total. The number of hydrogen-bond acceptors (Lipinski definition) is 3. The van der Waals surface area contributed by atoms with Gasteiger partial charge in [0.05, 0.1) is 5.52 Å². The fourth-order valence-electron chi connectivity index (χ4n) is 2.36. The standard InChI is InChI=1S/C17H16N2O/c1-11-5-3-8-15-16(9-12(2)18-17(11)15)19-13-6-4-7-14(20)10-13/h3-10,20H,1-2H3,(H,18,19). The molecule has 0 aliphatic heterocycles. The lowest BCUT2D eigenvalue weighted by atomic mass is 10.1. The Bertz CT molecular complexity index is 781. The first kappa shape index (κ1) is 12.5. The summed E-state index contributed by atoms with van der Waals surface area (Å²) in [5, 5.41) is 14.0. The van der Waals surface area contributed by atoms with Gasteiger partial charge < -0.3 is 10.4 Å². The van der Waals surface area contributed by atoms with Crippen molar-refractivity contribution in [2.45, 2.75) is 13.8 Å². The highest BCUT2D eigenvalue weighted by Gasteiger charge is 2.06. The summed E-state index contributed by atoms with van der Waals surface area (Å²) in [7, 11) is 0. The first-order valence-electron chi connectivity index (χ1n) is 6.56. The molecule has 3 heteroatoms. The van der Waals surface area contributed by atoms with Crippen LogP contribution in [0.3, 0.4) is 0 Å². The number of aryl methyl sites for hydroxylation is 2. The van der Waals surface area contributed by atoms with E-state index in [1.165, 1.54) is 0 Å². The number of hydrogen-bond donors (Lipinski definition) is 2. The molecule has 3 rings (SSSR count). The number of aromatic hydroxyl groups is 1. The maximum Gasteiger partial charge on any atom is 0.117 e. The van der Waals surface area contributed by atoms with Crippen molar-refractivity contribution in [1.29, 1.82) is 0 Å². The zero-order valence-electron chi connectivity index (χ0n) is 11.5. The molecular weight excluding hydrogens is 248 g/mol.